The summed E-state index contributed by atoms with van der Waals surface area (Å²) in [6.07, 6.45) is -0.536. The molecular formula is C18H18BrClF2N4O2. The number of halogens is 4. The lowest BCUT2D eigenvalue weighted by Crippen LogP contribution is -2.70. The molecule has 0 saturated carbocycles. The van der Waals surface area contributed by atoms with Crippen molar-refractivity contribution in [1.82, 2.24) is 14.9 Å². The maximum atomic E-state index is 14.5. The zero-order valence-electron chi connectivity index (χ0n) is 15.5. The Kier molecular flexibility index (Phi) is 4.65. The summed E-state index contributed by atoms with van der Waals surface area (Å²) < 4.78 is 34.0. The van der Waals surface area contributed by atoms with Crippen LogP contribution in [0.4, 0.5) is 19.4 Å². The molecule has 2 bridgehead atoms. The number of rotatable bonds is 1. The predicted octanol–water partition coefficient (Wildman–Crippen LogP) is 4.52. The average Bonchev–Trinajstić information content (AvgIpc) is 2.58. The summed E-state index contributed by atoms with van der Waals surface area (Å²) in [6, 6.07) is 1.37. The summed E-state index contributed by atoms with van der Waals surface area (Å²) in [5.41, 5.74) is -0.712. The number of piperazine rings is 1. The first-order valence-electron chi connectivity index (χ1n) is 8.82. The van der Waals surface area contributed by atoms with Gasteiger partial charge in [-0.15, -0.1) is 0 Å². The number of hydrogen-bond acceptors (Lipinski definition) is 5. The second-order valence-electron chi connectivity index (χ2n) is 8.03. The van der Waals surface area contributed by atoms with Gasteiger partial charge in [0.2, 0.25) is 0 Å². The zero-order valence-corrected chi connectivity index (χ0v) is 17.8. The minimum Gasteiger partial charge on any atom is -0.444 e. The van der Waals surface area contributed by atoms with E-state index in [-0.39, 0.29) is 39.0 Å². The molecule has 2 aromatic rings. The third kappa shape index (κ3) is 3.28. The number of ether oxygens (including phenoxy) is 1. The molecule has 2 unspecified atom stereocenters. The molecule has 3 saturated heterocycles. The van der Waals surface area contributed by atoms with Gasteiger partial charge in [-0.3, -0.25) is 4.90 Å². The molecule has 1 aromatic carbocycles. The van der Waals surface area contributed by atoms with Gasteiger partial charge in [0.15, 0.2) is 5.82 Å². The van der Waals surface area contributed by atoms with E-state index >= 15 is 0 Å². The van der Waals surface area contributed by atoms with E-state index in [0.29, 0.717) is 18.5 Å². The van der Waals surface area contributed by atoms with E-state index in [1.54, 1.807) is 4.90 Å². The van der Waals surface area contributed by atoms with Gasteiger partial charge in [-0.25, -0.2) is 9.18 Å². The molecule has 0 N–H and O–H groups in total. The number of carbonyl (C=O) groups excluding carboxylic acids is 1. The van der Waals surface area contributed by atoms with Gasteiger partial charge in [0.05, 0.1) is 21.6 Å². The van der Waals surface area contributed by atoms with E-state index in [2.05, 4.69) is 25.9 Å². The summed E-state index contributed by atoms with van der Waals surface area (Å²) in [6.45, 7) is 6.34. The van der Waals surface area contributed by atoms with Crippen LogP contribution in [0.2, 0.25) is 5.02 Å². The lowest BCUT2D eigenvalue weighted by molar-refractivity contribution is -0.0380. The van der Waals surface area contributed by atoms with Crippen LogP contribution in [-0.2, 0) is 4.74 Å². The lowest BCUT2D eigenvalue weighted by Gasteiger charge is -2.56. The normalized spacial score (nSPS) is 21.7. The number of carbonyl (C=O) groups is 1. The van der Waals surface area contributed by atoms with Crippen molar-refractivity contribution in [3.63, 3.8) is 0 Å². The maximum absolute atomic E-state index is 14.5. The number of piperidine rings is 1. The van der Waals surface area contributed by atoms with Gasteiger partial charge in [0, 0.05) is 18.5 Å². The maximum Gasteiger partial charge on any atom is 0.410 e. The fourth-order valence-electron chi connectivity index (χ4n) is 3.77. The van der Waals surface area contributed by atoms with Gasteiger partial charge in [0.25, 0.3) is 0 Å². The van der Waals surface area contributed by atoms with Crippen LogP contribution < -0.4 is 4.90 Å². The lowest BCUT2D eigenvalue weighted by atomic mass is 9.88. The Morgan fingerprint density at radius 2 is 1.93 bits per heavy atom. The molecule has 0 aliphatic carbocycles. The number of fused-ring (bicyclic) bond motifs is 3. The number of aromatic nitrogens is 2. The molecule has 5 rings (SSSR count). The number of nitrogens with zero attached hydrogens (tertiary/aromatic N) is 4. The number of anilines is 1. The number of amides is 1. The highest BCUT2D eigenvalue weighted by molar-refractivity contribution is 9.10. The highest BCUT2D eigenvalue weighted by Crippen LogP contribution is 2.39. The van der Waals surface area contributed by atoms with E-state index in [0.717, 1.165) is 6.42 Å². The van der Waals surface area contributed by atoms with Crippen molar-refractivity contribution < 1.29 is 18.3 Å². The Balaban J connectivity index is 1.64. The second-order valence-corrected chi connectivity index (χ2v) is 9.23. The number of hydrogen-bond donors (Lipinski definition) is 0. The summed E-state index contributed by atoms with van der Waals surface area (Å²) in [5, 5.41) is 0.483. The molecule has 3 aliphatic rings. The summed E-state index contributed by atoms with van der Waals surface area (Å²) in [4.78, 5) is 23.5. The first kappa shape index (κ1) is 19.6. The van der Waals surface area contributed by atoms with Crippen LogP contribution in [0.3, 0.4) is 0 Å². The van der Waals surface area contributed by atoms with Crippen molar-refractivity contribution in [3.05, 3.63) is 27.5 Å². The van der Waals surface area contributed by atoms with Crippen molar-refractivity contribution in [2.45, 2.75) is 44.9 Å². The largest absolute Gasteiger partial charge is 0.444 e. The minimum atomic E-state index is -1.01. The average molecular weight is 476 g/mol. The van der Waals surface area contributed by atoms with E-state index in [1.165, 1.54) is 6.07 Å². The van der Waals surface area contributed by atoms with Crippen molar-refractivity contribution in [3.8, 4) is 0 Å². The number of benzene rings is 1. The standard InChI is InChI=1S/C18H18BrClF2N4O2/c1-18(2,3)28-17(27)26-8-4-9(26)7-25(6-8)15-10-5-11(20)12(19)13(21)14(10)23-16(22)24-15/h5,8-9H,4,6-7H2,1-3H3. The van der Waals surface area contributed by atoms with Crippen LogP contribution in [0.15, 0.2) is 10.5 Å². The van der Waals surface area contributed by atoms with E-state index < -0.39 is 17.5 Å². The third-order valence-corrected chi connectivity index (χ3v) is 6.18. The SMILES string of the molecule is CC(C)(C)OC(=O)N1C2CC1CN(c1nc(F)nc3c(F)c(Br)c(Cl)cc13)C2. The molecule has 0 spiro atoms. The van der Waals surface area contributed by atoms with Crippen molar-refractivity contribution in [1.29, 1.82) is 0 Å². The first-order chi connectivity index (χ1) is 13.0. The molecule has 3 aliphatic heterocycles. The predicted molar refractivity (Wildman–Crippen MR) is 105 cm³/mol. The Hall–Kier alpha value is -1.74. The molecule has 1 amide bonds. The topological polar surface area (TPSA) is 58.6 Å². The molecule has 150 valence electrons. The van der Waals surface area contributed by atoms with Crippen LogP contribution in [0.5, 0.6) is 0 Å². The molecule has 3 fully saturated rings. The Morgan fingerprint density at radius 1 is 1.29 bits per heavy atom. The molecule has 28 heavy (non-hydrogen) atoms. The third-order valence-electron chi connectivity index (χ3n) is 4.88. The van der Waals surface area contributed by atoms with Crippen molar-refractivity contribution in [2.75, 3.05) is 18.0 Å². The van der Waals surface area contributed by atoms with E-state index in [9.17, 15) is 13.6 Å². The van der Waals surface area contributed by atoms with Gasteiger partial charge in [-0.05, 0) is 49.2 Å². The molecule has 1 aromatic heterocycles. The van der Waals surface area contributed by atoms with Gasteiger partial charge < -0.3 is 9.64 Å². The quantitative estimate of drug-likeness (QED) is 0.448. The van der Waals surface area contributed by atoms with Crippen LogP contribution in [0.1, 0.15) is 27.2 Å². The minimum absolute atomic E-state index is 0.0308. The van der Waals surface area contributed by atoms with E-state index in [4.69, 9.17) is 16.3 Å². The molecule has 2 atom stereocenters. The summed E-state index contributed by atoms with van der Waals surface area (Å²) >= 11 is 9.13. The Morgan fingerprint density at radius 3 is 2.54 bits per heavy atom. The van der Waals surface area contributed by atoms with Crippen molar-refractivity contribution in [2.24, 2.45) is 0 Å². The summed E-state index contributed by atoms with van der Waals surface area (Å²) in [7, 11) is 0. The van der Waals surface area contributed by atoms with Gasteiger partial charge in [-0.1, -0.05) is 11.6 Å². The van der Waals surface area contributed by atoms with Gasteiger partial charge in [0.1, 0.15) is 16.9 Å². The van der Waals surface area contributed by atoms with Gasteiger partial charge in [-0.2, -0.15) is 14.4 Å². The molecule has 0 radical (unpaired) electrons. The van der Waals surface area contributed by atoms with E-state index in [1.807, 2.05) is 25.7 Å². The fraction of sp³-hybridized carbons (Fsp3) is 0.500. The van der Waals surface area contributed by atoms with Crippen LogP contribution in [0, 0.1) is 11.9 Å². The van der Waals surface area contributed by atoms with Crippen LogP contribution >= 0.6 is 27.5 Å². The summed E-state index contributed by atoms with van der Waals surface area (Å²) in [5.74, 6) is -0.461. The van der Waals surface area contributed by atoms with Crippen molar-refractivity contribution >= 4 is 50.3 Å². The molecule has 4 heterocycles. The van der Waals surface area contributed by atoms with Gasteiger partial charge >= 0.3 is 12.2 Å². The Labute approximate surface area is 173 Å². The Bertz CT molecular complexity index is 972. The fourth-order valence-corrected chi connectivity index (χ4v) is 4.26. The van der Waals surface area contributed by atoms with Crippen LogP contribution in [0.25, 0.3) is 10.9 Å². The molecule has 6 nitrogen and oxygen atoms in total. The van der Waals surface area contributed by atoms with Crippen LogP contribution in [-0.4, -0.2) is 51.7 Å². The first-order valence-corrected chi connectivity index (χ1v) is 9.99. The highest BCUT2D eigenvalue weighted by Gasteiger charge is 2.49. The molecular weight excluding hydrogens is 458 g/mol. The smallest absolute Gasteiger partial charge is 0.410 e. The monoisotopic (exact) mass is 474 g/mol. The second kappa shape index (κ2) is 6.66. The highest BCUT2D eigenvalue weighted by atomic mass is 79.9. The molecule has 10 heteroatoms. The zero-order chi connectivity index (χ0) is 20.4.